The highest BCUT2D eigenvalue weighted by Crippen LogP contribution is 2.45. The molecule has 37 heavy (non-hydrogen) atoms. The van der Waals surface area contributed by atoms with Crippen LogP contribution in [0.1, 0.15) is 5.69 Å². The molecule has 0 radical (unpaired) electrons. The normalized spacial score (nSPS) is 11.6. The number of rotatable bonds is 11. The van der Waals surface area contributed by atoms with Crippen LogP contribution in [0, 0.1) is 0 Å². The SMILES string of the molecule is COc1ccc(-c2cnsc2-c2cc(OC)c(OC)c(OC)c2)cc1NC(=O)[C@@H](Cc1ccc[nH]1)[N-]Cl. The molecule has 0 spiro atoms. The molecule has 11 heteroatoms. The number of benzene rings is 2. The summed E-state index contributed by atoms with van der Waals surface area (Å²) in [6, 6.07) is 12.2. The van der Waals surface area contributed by atoms with Gasteiger partial charge in [0, 0.05) is 29.2 Å². The van der Waals surface area contributed by atoms with E-state index in [-0.39, 0.29) is 5.91 Å². The van der Waals surface area contributed by atoms with Gasteiger partial charge in [-0.05, 0) is 66.0 Å². The molecular weight excluding hydrogens is 516 g/mol. The van der Waals surface area contributed by atoms with Crippen molar-refractivity contribution in [2.75, 3.05) is 33.8 Å². The van der Waals surface area contributed by atoms with Crippen molar-refractivity contribution in [3.63, 3.8) is 0 Å². The average Bonchev–Trinajstić information content (AvgIpc) is 3.63. The van der Waals surface area contributed by atoms with Crippen molar-refractivity contribution in [3.8, 4) is 44.6 Å². The van der Waals surface area contributed by atoms with Crippen LogP contribution in [-0.4, -0.2) is 49.7 Å². The van der Waals surface area contributed by atoms with Crippen LogP contribution in [0.25, 0.3) is 26.4 Å². The van der Waals surface area contributed by atoms with Gasteiger partial charge in [-0.25, -0.2) is 0 Å². The standard InChI is InChI=1S/C26H26ClN4O5S/c1-33-21-8-7-15(10-19(21)30-26(32)20(31-27)13-17-6-5-9-28-17)18-14-29-37-25(18)16-11-22(34-2)24(36-4)23(12-16)35-3/h5-12,14,20,28H,13H2,1-4H3,(H,30,32)/q-1/t20-/m1/s1. The zero-order valence-corrected chi connectivity index (χ0v) is 22.3. The number of H-pyrrole nitrogens is 1. The van der Waals surface area contributed by atoms with Gasteiger partial charge in [-0.15, -0.1) is 0 Å². The lowest BCUT2D eigenvalue weighted by Gasteiger charge is -2.25. The first-order chi connectivity index (χ1) is 18.0. The predicted molar refractivity (Wildman–Crippen MR) is 145 cm³/mol. The number of halogens is 1. The van der Waals surface area contributed by atoms with E-state index >= 15 is 0 Å². The van der Waals surface area contributed by atoms with Gasteiger partial charge in [-0.3, -0.25) is 16.6 Å². The van der Waals surface area contributed by atoms with Gasteiger partial charge in [-0.2, -0.15) is 4.37 Å². The lowest BCUT2D eigenvalue weighted by atomic mass is 10.0. The number of carbonyl (C=O) groups excluding carboxylic acids is 1. The van der Waals surface area contributed by atoms with Gasteiger partial charge in [0.05, 0.1) is 39.0 Å². The second kappa shape index (κ2) is 12.0. The topological polar surface area (TPSA) is 109 Å². The van der Waals surface area contributed by atoms with Crippen molar-refractivity contribution in [3.05, 3.63) is 65.4 Å². The number of anilines is 1. The number of aromatic nitrogens is 2. The van der Waals surface area contributed by atoms with Crippen LogP contribution in [0.3, 0.4) is 0 Å². The van der Waals surface area contributed by atoms with Gasteiger partial charge in [0.2, 0.25) is 11.7 Å². The maximum absolute atomic E-state index is 13.0. The Hall–Kier alpha value is -3.73. The van der Waals surface area contributed by atoms with Crippen LogP contribution in [-0.2, 0) is 11.2 Å². The van der Waals surface area contributed by atoms with Gasteiger partial charge in [-0.1, -0.05) is 6.07 Å². The molecule has 0 aliphatic rings. The van der Waals surface area contributed by atoms with Crippen molar-refractivity contribution < 1.29 is 23.7 Å². The average molecular weight is 542 g/mol. The highest BCUT2D eigenvalue weighted by atomic mass is 35.5. The number of hydrogen-bond acceptors (Lipinski definition) is 7. The van der Waals surface area contributed by atoms with Crippen molar-refractivity contribution in [1.82, 2.24) is 9.36 Å². The quantitative estimate of drug-likeness (QED) is 0.244. The molecule has 4 aromatic rings. The first-order valence-corrected chi connectivity index (χ1v) is 12.3. The van der Waals surface area contributed by atoms with E-state index in [4.69, 9.17) is 30.7 Å². The Bertz CT molecular complexity index is 1330. The molecule has 0 fully saturated rings. The Morgan fingerprint density at radius 3 is 2.35 bits per heavy atom. The van der Waals surface area contributed by atoms with Crippen LogP contribution in [0.5, 0.6) is 23.0 Å². The first kappa shape index (κ1) is 26.3. The Balaban J connectivity index is 1.68. The number of nitrogens with zero attached hydrogens (tertiary/aromatic N) is 2. The second-order valence-corrected chi connectivity index (χ2v) is 8.90. The number of amides is 1. The van der Waals surface area contributed by atoms with Gasteiger partial charge >= 0.3 is 0 Å². The summed E-state index contributed by atoms with van der Waals surface area (Å²) in [6.45, 7) is 0. The van der Waals surface area contributed by atoms with E-state index in [1.807, 2.05) is 36.4 Å². The minimum Gasteiger partial charge on any atom is -0.564 e. The molecule has 1 amide bonds. The summed E-state index contributed by atoms with van der Waals surface area (Å²) in [5.41, 5.74) is 3.88. The molecule has 4 rings (SSSR count). The van der Waals surface area contributed by atoms with E-state index < -0.39 is 6.04 Å². The molecule has 2 aromatic carbocycles. The smallest absolute Gasteiger partial charge is 0.208 e. The Morgan fingerprint density at radius 1 is 1.03 bits per heavy atom. The van der Waals surface area contributed by atoms with E-state index in [1.54, 1.807) is 46.9 Å². The summed E-state index contributed by atoms with van der Waals surface area (Å²) >= 11 is 7.11. The van der Waals surface area contributed by atoms with E-state index in [2.05, 4.69) is 19.5 Å². The summed E-state index contributed by atoms with van der Waals surface area (Å²) in [4.78, 5) is 20.7. The fraction of sp³-hybridized carbons (Fsp3) is 0.231. The number of hydrogen-bond donors (Lipinski definition) is 2. The lowest BCUT2D eigenvalue weighted by molar-refractivity contribution is -0.116. The second-order valence-electron chi connectivity index (χ2n) is 7.90. The van der Waals surface area contributed by atoms with Crippen LogP contribution in [0.2, 0.25) is 0 Å². The van der Waals surface area contributed by atoms with E-state index in [0.29, 0.717) is 35.1 Å². The highest BCUT2D eigenvalue weighted by molar-refractivity contribution is 7.10. The van der Waals surface area contributed by atoms with E-state index in [9.17, 15) is 4.79 Å². The van der Waals surface area contributed by atoms with Crippen molar-refractivity contribution >= 4 is 34.9 Å². The Kier molecular flexibility index (Phi) is 8.54. The maximum Gasteiger partial charge on any atom is 0.208 e. The number of aromatic amines is 1. The summed E-state index contributed by atoms with van der Waals surface area (Å²) in [5.74, 6) is 1.73. The van der Waals surface area contributed by atoms with Crippen LogP contribution < -0.4 is 24.3 Å². The van der Waals surface area contributed by atoms with Gasteiger partial charge in [0.15, 0.2) is 11.5 Å². The number of ether oxygens (including phenoxy) is 4. The predicted octanol–water partition coefficient (Wildman–Crippen LogP) is 5.92. The minimum atomic E-state index is -0.786. The molecule has 2 aromatic heterocycles. The molecular formula is C26H26ClN4O5S-. The molecule has 194 valence electrons. The van der Waals surface area contributed by atoms with E-state index in [1.165, 1.54) is 11.5 Å². The number of methoxy groups -OCH3 is 4. The maximum atomic E-state index is 13.0. The van der Waals surface area contributed by atoms with E-state index in [0.717, 1.165) is 27.3 Å². The summed E-state index contributed by atoms with van der Waals surface area (Å²) in [5, 5.41) is 2.91. The Labute approximate surface area is 223 Å². The molecule has 2 N–H and O–H groups in total. The largest absolute Gasteiger partial charge is 0.564 e. The molecule has 2 heterocycles. The van der Waals surface area contributed by atoms with Crippen molar-refractivity contribution in [2.45, 2.75) is 12.5 Å². The van der Waals surface area contributed by atoms with Crippen LogP contribution in [0.4, 0.5) is 5.69 Å². The summed E-state index contributed by atoms with van der Waals surface area (Å²) < 4.78 is 26.4. The highest BCUT2D eigenvalue weighted by Gasteiger charge is 2.20. The molecule has 1 atom stereocenters. The fourth-order valence-electron chi connectivity index (χ4n) is 3.93. The molecule has 0 bridgehead atoms. The van der Waals surface area contributed by atoms with Crippen LogP contribution >= 0.6 is 23.3 Å². The molecule has 0 saturated carbocycles. The van der Waals surface area contributed by atoms with Crippen molar-refractivity contribution in [1.29, 1.82) is 0 Å². The zero-order chi connectivity index (χ0) is 26.4. The third kappa shape index (κ3) is 5.66. The zero-order valence-electron chi connectivity index (χ0n) is 20.7. The van der Waals surface area contributed by atoms with Gasteiger partial charge in [0.25, 0.3) is 0 Å². The molecule has 0 unspecified atom stereocenters. The molecule has 0 saturated heterocycles. The summed E-state index contributed by atoms with van der Waals surface area (Å²) in [6.07, 6.45) is 3.90. The minimum absolute atomic E-state index is 0.337. The fourth-order valence-corrected chi connectivity index (χ4v) is 4.84. The molecule has 0 aliphatic carbocycles. The first-order valence-electron chi connectivity index (χ1n) is 11.2. The van der Waals surface area contributed by atoms with Gasteiger partial charge in [0.1, 0.15) is 5.75 Å². The lowest BCUT2D eigenvalue weighted by Crippen LogP contribution is -2.28. The van der Waals surface area contributed by atoms with Crippen molar-refractivity contribution in [2.24, 2.45) is 0 Å². The molecule has 9 nitrogen and oxygen atoms in total. The monoisotopic (exact) mass is 541 g/mol. The third-order valence-electron chi connectivity index (χ3n) is 5.76. The number of carbonyl (C=O) groups is 1. The third-order valence-corrected chi connectivity index (χ3v) is 6.85. The summed E-state index contributed by atoms with van der Waals surface area (Å²) in [7, 11) is 6.25. The van der Waals surface area contributed by atoms with Crippen LogP contribution in [0.15, 0.2) is 54.9 Å². The van der Waals surface area contributed by atoms with Gasteiger partial charge < -0.3 is 34.1 Å². The number of nitrogens with one attached hydrogen (secondary N) is 2. The molecule has 0 aliphatic heterocycles. The Morgan fingerprint density at radius 2 is 1.76 bits per heavy atom.